The summed E-state index contributed by atoms with van der Waals surface area (Å²) in [4.78, 5) is 0. The van der Waals surface area contributed by atoms with Crippen LogP contribution in [0.2, 0.25) is 0 Å². The molecule has 0 aliphatic heterocycles. The molecular weight excluding hydrogens is 218 g/mol. The third-order valence-corrected chi connectivity index (χ3v) is 3.49. The van der Waals surface area contributed by atoms with E-state index in [1.165, 1.54) is 12.1 Å². The first-order valence-electron chi connectivity index (χ1n) is 5.18. The topological polar surface area (TPSA) is 0 Å². The van der Waals surface area contributed by atoms with Gasteiger partial charge in [0.15, 0.2) is 0 Å². The number of benzene rings is 1. The van der Waals surface area contributed by atoms with Crippen molar-refractivity contribution in [2.45, 2.75) is 37.5 Å². The summed E-state index contributed by atoms with van der Waals surface area (Å²) >= 11 is 5.96. The van der Waals surface area contributed by atoms with Crippen molar-refractivity contribution in [2.24, 2.45) is 0 Å². The fourth-order valence-electron chi connectivity index (χ4n) is 2.24. The summed E-state index contributed by atoms with van der Waals surface area (Å²) in [6.07, 6.45) is 2.31. The lowest BCUT2D eigenvalue weighted by Crippen LogP contribution is -2.03. The molecule has 1 aliphatic carbocycles. The van der Waals surface area contributed by atoms with Crippen molar-refractivity contribution in [1.29, 1.82) is 0 Å². The van der Waals surface area contributed by atoms with E-state index in [0.29, 0.717) is 12.0 Å². The minimum Gasteiger partial charge on any atom is -0.207 e. The molecule has 0 bridgehead atoms. The largest absolute Gasteiger partial charge is 0.207 e. The third-order valence-electron chi connectivity index (χ3n) is 3.10. The highest BCUT2D eigenvalue weighted by Gasteiger charge is 2.29. The lowest BCUT2D eigenvalue weighted by atomic mass is 9.95. The second-order valence-electron chi connectivity index (χ2n) is 4.20. The molecule has 1 aromatic carbocycles. The molecule has 2 unspecified atom stereocenters. The van der Waals surface area contributed by atoms with Crippen LogP contribution in [-0.2, 0) is 0 Å². The first-order valence-corrected chi connectivity index (χ1v) is 5.61. The van der Waals surface area contributed by atoms with Crippen molar-refractivity contribution in [3.8, 4) is 0 Å². The Morgan fingerprint density at radius 3 is 2.60 bits per heavy atom. The number of halogens is 3. The Labute approximate surface area is 93.2 Å². The normalized spacial score (nSPS) is 25.9. The second kappa shape index (κ2) is 4.09. The molecule has 0 nitrogen and oxygen atoms in total. The van der Waals surface area contributed by atoms with Gasteiger partial charge in [-0.15, -0.1) is 11.6 Å². The maximum Gasteiger partial charge on any atom is 0.132 e. The van der Waals surface area contributed by atoms with Crippen molar-refractivity contribution >= 4 is 11.6 Å². The number of rotatable bonds is 1. The van der Waals surface area contributed by atoms with Crippen LogP contribution in [0, 0.1) is 18.6 Å². The molecule has 0 amide bonds. The Morgan fingerprint density at radius 1 is 1.27 bits per heavy atom. The van der Waals surface area contributed by atoms with Crippen LogP contribution in [0.3, 0.4) is 0 Å². The molecule has 82 valence electrons. The van der Waals surface area contributed by atoms with Gasteiger partial charge in [-0.05, 0) is 43.7 Å². The molecule has 0 spiro atoms. The molecule has 0 N–H and O–H groups in total. The monoisotopic (exact) mass is 230 g/mol. The van der Waals surface area contributed by atoms with E-state index >= 15 is 0 Å². The van der Waals surface area contributed by atoms with E-state index in [0.717, 1.165) is 12.8 Å². The van der Waals surface area contributed by atoms with Crippen LogP contribution in [0.25, 0.3) is 0 Å². The summed E-state index contributed by atoms with van der Waals surface area (Å²) in [6.45, 7) is 1.66. The predicted octanol–water partition coefficient (Wildman–Crippen LogP) is 4.15. The van der Waals surface area contributed by atoms with Gasteiger partial charge >= 0.3 is 0 Å². The van der Waals surface area contributed by atoms with Crippen LogP contribution >= 0.6 is 11.6 Å². The van der Waals surface area contributed by atoms with Crippen LogP contribution in [0.1, 0.15) is 36.3 Å². The lowest BCUT2D eigenvalue weighted by molar-refractivity contribution is 0.520. The van der Waals surface area contributed by atoms with E-state index in [4.69, 9.17) is 11.6 Å². The predicted molar refractivity (Wildman–Crippen MR) is 57.3 cm³/mol. The zero-order valence-electron chi connectivity index (χ0n) is 8.56. The van der Waals surface area contributed by atoms with Crippen LogP contribution in [0.5, 0.6) is 0 Å². The third kappa shape index (κ3) is 2.00. The number of aryl methyl sites for hydroxylation is 1. The van der Waals surface area contributed by atoms with E-state index in [9.17, 15) is 8.78 Å². The number of hydrogen-bond donors (Lipinski definition) is 0. The Bertz CT molecular complexity index is 376. The summed E-state index contributed by atoms with van der Waals surface area (Å²) < 4.78 is 27.3. The quantitative estimate of drug-likeness (QED) is 0.636. The van der Waals surface area contributed by atoms with Crippen LogP contribution < -0.4 is 0 Å². The minimum atomic E-state index is -0.436. The van der Waals surface area contributed by atoms with Gasteiger partial charge in [0, 0.05) is 10.9 Å². The van der Waals surface area contributed by atoms with Gasteiger partial charge in [0.1, 0.15) is 11.6 Å². The van der Waals surface area contributed by atoms with Crippen LogP contribution in [0.15, 0.2) is 12.1 Å². The summed E-state index contributed by atoms with van der Waals surface area (Å²) in [7, 11) is 0. The maximum absolute atomic E-state index is 13.8. The van der Waals surface area contributed by atoms with Crippen LogP contribution in [-0.4, -0.2) is 5.38 Å². The molecule has 15 heavy (non-hydrogen) atoms. The first-order chi connectivity index (χ1) is 7.09. The average molecular weight is 231 g/mol. The molecule has 0 aromatic heterocycles. The molecule has 2 atom stereocenters. The lowest BCUT2D eigenvalue weighted by Gasteiger charge is -2.13. The molecule has 0 saturated heterocycles. The smallest absolute Gasteiger partial charge is 0.132 e. The van der Waals surface area contributed by atoms with Crippen molar-refractivity contribution in [1.82, 2.24) is 0 Å². The molecule has 1 saturated carbocycles. The molecule has 0 heterocycles. The Kier molecular flexibility index (Phi) is 2.96. The van der Waals surface area contributed by atoms with Crippen LogP contribution in [0.4, 0.5) is 8.78 Å². The summed E-state index contributed by atoms with van der Waals surface area (Å²) in [5, 5.41) is 0.0642. The summed E-state index contributed by atoms with van der Waals surface area (Å²) in [5.41, 5.74) is 0.738. The van der Waals surface area contributed by atoms with E-state index in [1.807, 2.05) is 0 Å². The van der Waals surface area contributed by atoms with E-state index in [2.05, 4.69) is 0 Å². The van der Waals surface area contributed by atoms with E-state index in [1.54, 1.807) is 6.92 Å². The van der Waals surface area contributed by atoms with Crippen molar-refractivity contribution in [3.05, 3.63) is 34.9 Å². The molecule has 0 radical (unpaired) electrons. The van der Waals surface area contributed by atoms with Crippen molar-refractivity contribution in [3.63, 3.8) is 0 Å². The zero-order valence-corrected chi connectivity index (χ0v) is 9.32. The average Bonchev–Trinajstić information content (AvgIpc) is 2.59. The van der Waals surface area contributed by atoms with Gasteiger partial charge in [-0.1, -0.05) is 6.07 Å². The highest BCUT2D eigenvalue weighted by Crippen LogP contribution is 2.39. The van der Waals surface area contributed by atoms with Crippen molar-refractivity contribution < 1.29 is 8.78 Å². The maximum atomic E-state index is 13.8. The molecule has 1 aromatic rings. The number of hydrogen-bond acceptors (Lipinski definition) is 0. The van der Waals surface area contributed by atoms with Gasteiger partial charge in [0.25, 0.3) is 0 Å². The molecule has 1 fully saturated rings. The van der Waals surface area contributed by atoms with Gasteiger partial charge in [0.2, 0.25) is 0 Å². The molecule has 1 aliphatic rings. The van der Waals surface area contributed by atoms with Gasteiger partial charge in [-0.3, -0.25) is 0 Å². The van der Waals surface area contributed by atoms with Gasteiger partial charge in [-0.25, -0.2) is 8.78 Å². The van der Waals surface area contributed by atoms with E-state index in [-0.39, 0.29) is 16.9 Å². The van der Waals surface area contributed by atoms with Crippen molar-refractivity contribution in [2.75, 3.05) is 0 Å². The molecular formula is C12H13ClF2. The standard InChI is InChI=1S/C12H13ClF2/c1-7-2-5-10(14)11(12(7)15)8-3-4-9(13)6-8/h2,5,8-9H,3-4,6H2,1H3. The minimum absolute atomic E-state index is 0.0487. The fraction of sp³-hybridized carbons (Fsp3) is 0.500. The first kappa shape index (κ1) is 10.9. The van der Waals surface area contributed by atoms with Gasteiger partial charge in [0.05, 0.1) is 0 Å². The Morgan fingerprint density at radius 2 is 2.00 bits per heavy atom. The second-order valence-corrected chi connectivity index (χ2v) is 4.82. The van der Waals surface area contributed by atoms with E-state index < -0.39 is 11.6 Å². The van der Waals surface area contributed by atoms with Gasteiger partial charge < -0.3 is 0 Å². The fourth-order valence-corrected chi connectivity index (χ4v) is 2.58. The van der Waals surface area contributed by atoms with Gasteiger partial charge in [-0.2, -0.15) is 0 Å². The highest BCUT2D eigenvalue weighted by atomic mass is 35.5. The Hall–Kier alpha value is -0.630. The number of alkyl halides is 1. The zero-order chi connectivity index (χ0) is 11.0. The summed E-state index contributed by atoms with van der Waals surface area (Å²) in [5.74, 6) is -0.882. The molecule has 3 heteroatoms. The summed E-state index contributed by atoms with van der Waals surface area (Å²) in [6, 6.07) is 2.82. The SMILES string of the molecule is Cc1ccc(F)c(C2CCC(Cl)C2)c1F. The highest BCUT2D eigenvalue weighted by molar-refractivity contribution is 6.20. The molecule has 2 rings (SSSR count). The Balaban J connectivity index is 2.39.